The molecule has 1 aliphatic heterocycles. The van der Waals surface area contributed by atoms with Gasteiger partial charge in [-0.15, -0.1) is 0 Å². The minimum Gasteiger partial charge on any atom is -0.478 e. The largest absolute Gasteiger partial charge is 0.478 e. The average Bonchev–Trinajstić information content (AvgIpc) is 3.15. The average molecular weight is 338 g/mol. The van der Waals surface area contributed by atoms with Gasteiger partial charge in [0.25, 0.3) is 0 Å². The third-order valence-corrected chi connectivity index (χ3v) is 4.49. The molecule has 1 fully saturated rings. The molecule has 1 saturated heterocycles. The van der Waals surface area contributed by atoms with Crippen molar-refractivity contribution in [2.24, 2.45) is 0 Å². The summed E-state index contributed by atoms with van der Waals surface area (Å²) in [5.41, 5.74) is 2.81. The van der Waals surface area contributed by atoms with Crippen LogP contribution in [0.3, 0.4) is 0 Å². The Kier molecular flexibility index (Phi) is 5.33. The molecule has 0 aliphatic carbocycles. The first-order valence-electron chi connectivity index (χ1n) is 8.60. The van der Waals surface area contributed by atoms with Crippen molar-refractivity contribution in [1.82, 2.24) is 0 Å². The Labute approximate surface area is 147 Å². The number of carbonyl (C=O) groups is 2. The minimum absolute atomic E-state index is 0.105. The fourth-order valence-electron chi connectivity index (χ4n) is 3.22. The zero-order valence-corrected chi connectivity index (χ0v) is 14.1. The monoisotopic (exact) mass is 338 g/mol. The summed E-state index contributed by atoms with van der Waals surface area (Å²) in [5, 5.41) is 12.2. The highest BCUT2D eigenvalue weighted by Crippen LogP contribution is 2.28. The first kappa shape index (κ1) is 17.0. The van der Waals surface area contributed by atoms with Crippen LogP contribution in [0.4, 0.5) is 11.4 Å². The van der Waals surface area contributed by atoms with Crippen LogP contribution in [0.2, 0.25) is 0 Å². The van der Waals surface area contributed by atoms with Gasteiger partial charge >= 0.3 is 5.97 Å². The van der Waals surface area contributed by atoms with Crippen molar-refractivity contribution in [3.05, 3.63) is 59.7 Å². The van der Waals surface area contributed by atoms with E-state index < -0.39 is 5.97 Å². The topological polar surface area (TPSA) is 69.6 Å². The zero-order chi connectivity index (χ0) is 17.6. The fraction of sp³-hybridized carbons (Fsp3) is 0.300. The van der Waals surface area contributed by atoms with Gasteiger partial charge < -0.3 is 15.3 Å². The predicted molar refractivity (Wildman–Crippen MR) is 98.2 cm³/mol. The Morgan fingerprint density at radius 2 is 1.68 bits per heavy atom. The second kappa shape index (κ2) is 7.83. The highest BCUT2D eigenvalue weighted by atomic mass is 16.4. The van der Waals surface area contributed by atoms with Crippen LogP contribution in [0.5, 0.6) is 0 Å². The Morgan fingerprint density at radius 1 is 1.00 bits per heavy atom. The molecule has 0 bridgehead atoms. The second-order valence-electron chi connectivity index (χ2n) is 6.22. The number of aromatic carboxylic acids is 1. The summed E-state index contributed by atoms with van der Waals surface area (Å²) in [6, 6.07) is 14.6. The van der Waals surface area contributed by atoms with E-state index in [1.807, 2.05) is 24.3 Å². The molecule has 2 aromatic rings. The maximum Gasteiger partial charge on any atom is 0.335 e. The van der Waals surface area contributed by atoms with Gasteiger partial charge in [-0.3, -0.25) is 4.79 Å². The van der Waals surface area contributed by atoms with E-state index in [0.29, 0.717) is 12.0 Å². The number of benzene rings is 2. The van der Waals surface area contributed by atoms with Crippen LogP contribution in [-0.4, -0.2) is 30.1 Å². The van der Waals surface area contributed by atoms with E-state index >= 15 is 0 Å². The number of hydrogen-bond acceptors (Lipinski definition) is 3. The van der Waals surface area contributed by atoms with Gasteiger partial charge in [0, 0.05) is 19.5 Å². The second-order valence-corrected chi connectivity index (χ2v) is 6.22. The molecule has 1 heterocycles. The Balaban J connectivity index is 1.65. The van der Waals surface area contributed by atoms with Gasteiger partial charge in [0.1, 0.15) is 0 Å². The van der Waals surface area contributed by atoms with E-state index in [1.54, 1.807) is 24.3 Å². The van der Waals surface area contributed by atoms with E-state index in [1.165, 1.54) is 12.8 Å². The number of anilines is 2. The lowest BCUT2D eigenvalue weighted by atomic mass is 10.0. The normalized spacial score (nSPS) is 13.7. The summed E-state index contributed by atoms with van der Waals surface area (Å²) >= 11 is 0. The summed E-state index contributed by atoms with van der Waals surface area (Å²) in [6.07, 6.45) is 3.00. The molecule has 0 spiro atoms. The Bertz CT molecular complexity index is 767. The van der Waals surface area contributed by atoms with Crippen molar-refractivity contribution in [2.45, 2.75) is 25.7 Å². The molecular weight excluding hydrogens is 316 g/mol. The van der Waals surface area contributed by atoms with Crippen LogP contribution >= 0.6 is 0 Å². The SMILES string of the molecule is O=C(CCc1ccccc1C(=O)O)Nc1ccccc1N1CCCC1. The Morgan fingerprint density at radius 3 is 2.44 bits per heavy atom. The highest BCUT2D eigenvalue weighted by molar-refractivity contribution is 5.95. The zero-order valence-electron chi connectivity index (χ0n) is 14.1. The van der Waals surface area contributed by atoms with Crippen LogP contribution in [0.15, 0.2) is 48.5 Å². The van der Waals surface area contributed by atoms with E-state index in [9.17, 15) is 14.7 Å². The smallest absolute Gasteiger partial charge is 0.335 e. The molecule has 25 heavy (non-hydrogen) atoms. The first-order chi connectivity index (χ1) is 12.1. The Hall–Kier alpha value is -2.82. The summed E-state index contributed by atoms with van der Waals surface area (Å²) in [5.74, 6) is -1.07. The standard InChI is InChI=1S/C20H22N2O3/c23-19(12-11-15-7-1-2-8-16(15)20(24)25)21-17-9-3-4-10-18(17)22-13-5-6-14-22/h1-4,7-10H,5-6,11-14H2,(H,21,23)(H,24,25). The number of amides is 1. The molecule has 0 radical (unpaired) electrons. The third-order valence-electron chi connectivity index (χ3n) is 4.49. The lowest BCUT2D eigenvalue weighted by Crippen LogP contribution is -2.21. The molecule has 5 heteroatoms. The molecule has 1 aliphatic rings. The van der Waals surface area contributed by atoms with Crippen molar-refractivity contribution >= 4 is 23.3 Å². The summed E-state index contributed by atoms with van der Waals surface area (Å²) in [4.78, 5) is 25.9. The van der Waals surface area contributed by atoms with Gasteiger partial charge in [0.15, 0.2) is 0 Å². The lowest BCUT2D eigenvalue weighted by Gasteiger charge is -2.21. The molecule has 2 N–H and O–H groups in total. The fourth-order valence-corrected chi connectivity index (χ4v) is 3.22. The molecule has 1 amide bonds. The molecule has 3 rings (SSSR count). The highest BCUT2D eigenvalue weighted by Gasteiger charge is 2.17. The number of nitrogens with zero attached hydrogens (tertiary/aromatic N) is 1. The molecule has 5 nitrogen and oxygen atoms in total. The molecule has 0 aromatic heterocycles. The summed E-state index contributed by atoms with van der Waals surface area (Å²) in [6.45, 7) is 2.03. The predicted octanol–water partition coefficient (Wildman–Crippen LogP) is 3.56. The number of nitrogens with one attached hydrogen (secondary N) is 1. The maximum absolute atomic E-state index is 12.4. The van der Waals surface area contributed by atoms with Crippen LogP contribution in [0.1, 0.15) is 35.2 Å². The van der Waals surface area contributed by atoms with Gasteiger partial charge in [0.05, 0.1) is 16.9 Å². The molecule has 2 aromatic carbocycles. The van der Waals surface area contributed by atoms with Crippen LogP contribution < -0.4 is 10.2 Å². The van der Waals surface area contributed by atoms with E-state index in [0.717, 1.165) is 24.5 Å². The molecular formula is C20H22N2O3. The number of rotatable bonds is 6. The van der Waals surface area contributed by atoms with Crippen molar-refractivity contribution in [1.29, 1.82) is 0 Å². The molecule has 130 valence electrons. The molecule has 0 unspecified atom stereocenters. The summed E-state index contributed by atoms with van der Waals surface area (Å²) in [7, 11) is 0. The van der Waals surface area contributed by atoms with Crippen molar-refractivity contribution in [3.63, 3.8) is 0 Å². The number of carbonyl (C=O) groups excluding carboxylic acids is 1. The number of hydrogen-bond donors (Lipinski definition) is 2. The van der Waals surface area contributed by atoms with E-state index in [2.05, 4.69) is 10.2 Å². The van der Waals surface area contributed by atoms with Crippen molar-refractivity contribution in [2.75, 3.05) is 23.3 Å². The van der Waals surface area contributed by atoms with Crippen LogP contribution in [0, 0.1) is 0 Å². The summed E-state index contributed by atoms with van der Waals surface area (Å²) < 4.78 is 0. The van der Waals surface area contributed by atoms with Gasteiger partial charge in [-0.2, -0.15) is 0 Å². The number of aryl methyl sites for hydroxylation is 1. The van der Waals surface area contributed by atoms with Crippen molar-refractivity contribution in [3.8, 4) is 0 Å². The van der Waals surface area contributed by atoms with Gasteiger partial charge in [-0.1, -0.05) is 30.3 Å². The van der Waals surface area contributed by atoms with Gasteiger partial charge in [-0.25, -0.2) is 4.79 Å². The maximum atomic E-state index is 12.4. The lowest BCUT2D eigenvalue weighted by molar-refractivity contribution is -0.116. The van der Waals surface area contributed by atoms with Crippen LogP contribution in [-0.2, 0) is 11.2 Å². The number of carboxylic acids is 1. The van der Waals surface area contributed by atoms with Crippen molar-refractivity contribution < 1.29 is 14.7 Å². The van der Waals surface area contributed by atoms with Gasteiger partial charge in [0.2, 0.25) is 5.91 Å². The van der Waals surface area contributed by atoms with Crippen LogP contribution in [0.25, 0.3) is 0 Å². The number of carboxylic acid groups (broad SMARTS) is 1. The van der Waals surface area contributed by atoms with Gasteiger partial charge in [-0.05, 0) is 43.0 Å². The first-order valence-corrected chi connectivity index (χ1v) is 8.60. The number of para-hydroxylation sites is 2. The third kappa shape index (κ3) is 4.18. The minimum atomic E-state index is -0.963. The molecule has 0 saturated carbocycles. The van der Waals surface area contributed by atoms with E-state index in [4.69, 9.17) is 0 Å². The quantitative estimate of drug-likeness (QED) is 0.845. The van der Waals surface area contributed by atoms with E-state index in [-0.39, 0.29) is 17.9 Å². The molecule has 0 atom stereocenters.